The summed E-state index contributed by atoms with van der Waals surface area (Å²) in [6.45, 7) is 0. The minimum absolute atomic E-state index is 0.0178. The number of carboxylic acids is 1. The second-order valence-electron chi connectivity index (χ2n) is 7.55. The third kappa shape index (κ3) is 4.84. The number of fused-ring (bicyclic) bond motifs is 1. The lowest BCUT2D eigenvalue weighted by Crippen LogP contribution is -2.43. The summed E-state index contributed by atoms with van der Waals surface area (Å²) < 4.78 is 5.70. The molecule has 30 heavy (non-hydrogen) atoms. The van der Waals surface area contributed by atoms with E-state index in [1.807, 2.05) is 24.3 Å². The number of thioether (sulfide) groups is 1. The van der Waals surface area contributed by atoms with Gasteiger partial charge in [-0.3, -0.25) is 4.79 Å². The van der Waals surface area contributed by atoms with Crippen LogP contribution in [0.5, 0.6) is 0 Å². The van der Waals surface area contributed by atoms with E-state index in [0.29, 0.717) is 17.0 Å². The first kappa shape index (κ1) is 20.5. The van der Waals surface area contributed by atoms with Crippen molar-refractivity contribution in [3.8, 4) is 0 Å². The fourth-order valence-corrected chi connectivity index (χ4v) is 4.46. The van der Waals surface area contributed by atoms with Crippen molar-refractivity contribution in [3.63, 3.8) is 0 Å². The van der Waals surface area contributed by atoms with Gasteiger partial charge in [0.05, 0.1) is 5.75 Å². The van der Waals surface area contributed by atoms with Crippen LogP contribution >= 0.6 is 11.8 Å². The fourth-order valence-electron chi connectivity index (χ4n) is 3.88. The van der Waals surface area contributed by atoms with Crippen LogP contribution in [0.25, 0.3) is 10.9 Å². The molecule has 1 atom stereocenters. The SMILES string of the molecule is O=C(CSc1nnc(C2CCCCC2)o1)N[C@H](Cc1c[nH]c2ccccc12)C(=O)O. The van der Waals surface area contributed by atoms with Gasteiger partial charge in [-0.1, -0.05) is 49.2 Å². The molecule has 158 valence electrons. The number of nitrogens with one attached hydrogen (secondary N) is 2. The van der Waals surface area contributed by atoms with E-state index in [-0.39, 0.29) is 18.1 Å². The van der Waals surface area contributed by atoms with Crippen molar-refractivity contribution in [2.75, 3.05) is 5.75 Å². The van der Waals surface area contributed by atoms with E-state index in [1.54, 1.807) is 6.20 Å². The molecule has 1 saturated carbocycles. The molecule has 1 aliphatic rings. The fraction of sp³-hybridized carbons (Fsp3) is 0.429. The predicted octanol–water partition coefficient (Wildman–Crippen LogP) is 3.50. The number of aliphatic carboxylic acids is 1. The second-order valence-corrected chi connectivity index (χ2v) is 8.48. The highest BCUT2D eigenvalue weighted by atomic mass is 32.2. The summed E-state index contributed by atoms with van der Waals surface area (Å²) in [7, 11) is 0. The van der Waals surface area contributed by atoms with Crippen LogP contribution in [0, 0.1) is 0 Å². The number of nitrogens with zero attached hydrogens (tertiary/aromatic N) is 2. The van der Waals surface area contributed by atoms with Gasteiger partial charge in [0.25, 0.3) is 5.22 Å². The third-order valence-corrected chi connectivity index (χ3v) is 6.25. The molecule has 4 rings (SSSR count). The lowest BCUT2D eigenvalue weighted by molar-refractivity contribution is -0.141. The first-order valence-corrected chi connectivity index (χ1v) is 11.1. The van der Waals surface area contributed by atoms with Crippen molar-refractivity contribution in [2.45, 2.75) is 55.7 Å². The van der Waals surface area contributed by atoms with Crippen LogP contribution in [0.4, 0.5) is 0 Å². The molecule has 1 aliphatic carbocycles. The molecule has 2 heterocycles. The van der Waals surface area contributed by atoms with Gasteiger partial charge in [-0.05, 0) is 24.5 Å². The summed E-state index contributed by atoms with van der Waals surface area (Å²) in [5.41, 5.74) is 1.78. The first-order valence-electron chi connectivity index (χ1n) is 10.1. The largest absolute Gasteiger partial charge is 0.480 e. The van der Waals surface area contributed by atoms with Gasteiger partial charge >= 0.3 is 5.97 Å². The zero-order chi connectivity index (χ0) is 20.9. The first-order chi connectivity index (χ1) is 14.6. The van der Waals surface area contributed by atoms with E-state index >= 15 is 0 Å². The summed E-state index contributed by atoms with van der Waals surface area (Å²) >= 11 is 1.13. The van der Waals surface area contributed by atoms with Crippen LogP contribution in [0.2, 0.25) is 0 Å². The van der Waals surface area contributed by atoms with Crippen molar-refractivity contribution in [3.05, 3.63) is 41.9 Å². The number of carboxylic acid groups (broad SMARTS) is 1. The van der Waals surface area contributed by atoms with Crippen molar-refractivity contribution < 1.29 is 19.1 Å². The standard InChI is InChI=1S/C21H24N4O4S/c26-18(12-30-21-25-24-19(29-21)13-6-2-1-3-7-13)23-17(20(27)28)10-14-11-22-16-9-5-4-8-15(14)16/h4-5,8-9,11,13,17,22H,1-3,6-7,10,12H2,(H,23,26)(H,27,28)/t17-/m1/s1. The lowest BCUT2D eigenvalue weighted by Gasteiger charge is -2.17. The van der Waals surface area contributed by atoms with Gasteiger partial charge in [-0.15, -0.1) is 10.2 Å². The maximum atomic E-state index is 12.3. The average molecular weight is 429 g/mol. The summed E-state index contributed by atoms with van der Waals surface area (Å²) in [6, 6.07) is 6.65. The summed E-state index contributed by atoms with van der Waals surface area (Å²) in [4.78, 5) is 27.1. The number of aromatic nitrogens is 3. The highest BCUT2D eigenvalue weighted by Crippen LogP contribution is 2.32. The lowest BCUT2D eigenvalue weighted by atomic mass is 9.89. The number of para-hydroxylation sites is 1. The van der Waals surface area contributed by atoms with Crippen molar-refractivity contribution >= 4 is 34.5 Å². The second kappa shape index (κ2) is 9.34. The van der Waals surface area contributed by atoms with Gasteiger partial charge in [-0.2, -0.15) is 0 Å². The Balaban J connectivity index is 1.32. The van der Waals surface area contributed by atoms with Gasteiger partial charge < -0.3 is 19.8 Å². The molecule has 2 aromatic heterocycles. The molecule has 3 N–H and O–H groups in total. The number of amides is 1. The van der Waals surface area contributed by atoms with Gasteiger partial charge in [0.15, 0.2) is 0 Å². The molecule has 0 unspecified atom stereocenters. The molecule has 0 spiro atoms. The highest BCUT2D eigenvalue weighted by Gasteiger charge is 2.24. The summed E-state index contributed by atoms with van der Waals surface area (Å²) in [5.74, 6) is -0.493. The van der Waals surface area contributed by atoms with Crippen LogP contribution in [0.15, 0.2) is 40.1 Å². The normalized spacial score (nSPS) is 15.9. The number of hydrogen-bond donors (Lipinski definition) is 3. The van der Waals surface area contributed by atoms with Crippen LogP contribution < -0.4 is 5.32 Å². The number of rotatable bonds is 8. The Morgan fingerprint density at radius 2 is 2.03 bits per heavy atom. The molecule has 1 aromatic carbocycles. The Morgan fingerprint density at radius 3 is 2.83 bits per heavy atom. The number of carbonyl (C=O) groups excluding carboxylic acids is 1. The number of hydrogen-bond acceptors (Lipinski definition) is 6. The molecule has 0 bridgehead atoms. The topological polar surface area (TPSA) is 121 Å². The summed E-state index contributed by atoms with van der Waals surface area (Å²) in [5, 5.41) is 21.6. The Labute approximate surface area is 177 Å². The molecular formula is C21H24N4O4S. The highest BCUT2D eigenvalue weighted by molar-refractivity contribution is 7.99. The Morgan fingerprint density at radius 1 is 1.23 bits per heavy atom. The Bertz CT molecular complexity index is 1020. The van der Waals surface area contributed by atoms with E-state index in [2.05, 4.69) is 20.5 Å². The van der Waals surface area contributed by atoms with Crippen molar-refractivity contribution in [2.24, 2.45) is 0 Å². The van der Waals surface area contributed by atoms with Crippen LogP contribution in [0.3, 0.4) is 0 Å². The van der Waals surface area contributed by atoms with Crippen LogP contribution in [-0.4, -0.2) is 44.0 Å². The van der Waals surface area contributed by atoms with E-state index in [4.69, 9.17) is 4.42 Å². The molecule has 0 aliphatic heterocycles. The van der Waals surface area contributed by atoms with E-state index in [9.17, 15) is 14.7 Å². The number of H-pyrrole nitrogens is 1. The number of carbonyl (C=O) groups is 2. The Kier molecular flexibility index (Phi) is 6.37. The van der Waals surface area contributed by atoms with Crippen molar-refractivity contribution in [1.29, 1.82) is 0 Å². The minimum atomic E-state index is -1.07. The quantitative estimate of drug-likeness (QED) is 0.470. The summed E-state index contributed by atoms with van der Waals surface area (Å²) in [6.07, 6.45) is 7.68. The molecule has 0 saturated heterocycles. The molecular weight excluding hydrogens is 404 g/mol. The molecule has 1 fully saturated rings. The van der Waals surface area contributed by atoms with Gasteiger partial charge in [0, 0.05) is 29.4 Å². The minimum Gasteiger partial charge on any atom is -0.480 e. The van der Waals surface area contributed by atoms with E-state index in [1.165, 1.54) is 19.3 Å². The van der Waals surface area contributed by atoms with E-state index in [0.717, 1.165) is 41.1 Å². The third-order valence-electron chi connectivity index (χ3n) is 5.44. The zero-order valence-corrected chi connectivity index (χ0v) is 17.3. The van der Waals surface area contributed by atoms with Crippen LogP contribution in [-0.2, 0) is 16.0 Å². The maximum Gasteiger partial charge on any atom is 0.326 e. The number of benzene rings is 1. The van der Waals surface area contributed by atoms with Gasteiger partial charge in [-0.25, -0.2) is 4.79 Å². The monoisotopic (exact) mass is 428 g/mol. The van der Waals surface area contributed by atoms with E-state index < -0.39 is 12.0 Å². The molecule has 8 nitrogen and oxygen atoms in total. The molecule has 9 heteroatoms. The smallest absolute Gasteiger partial charge is 0.326 e. The average Bonchev–Trinajstić information content (AvgIpc) is 3.40. The zero-order valence-electron chi connectivity index (χ0n) is 16.5. The van der Waals surface area contributed by atoms with Gasteiger partial charge in [0.2, 0.25) is 11.8 Å². The van der Waals surface area contributed by atoms with Crippen molar-refractivity contribution in [1.82, 2.24) is 20.5 Å². The van der Waals surface area contributed by atoms with Gasteiger partial charge in [0.1, 0.15) is 6.04 Å². The van der Waals surface area contributed by atoms with Crippen LogP contribution in [0.1, 0.15) is 49.5 Å². The molecule has 3 aromatic rings. The number of aromatic amines is 1. The molecule has 1 amide bonds. The molecule has 0 radical (unpaired) electrons. The predicted molar refractivity (Wildman–Crippen MR) is 112 cm³/mol. The Hall–Kier alpha value is -2.81. The maximum absolute atomic E-state index is 12.3.